The van der Waals surface area contributed by atoms with Gasteiger partial charge < -0.3 is 10.4 Å². The lowest BCUT2D eigenvalue weighted by molar-refractivity contribution is -0.145. The highest BCUT2D eigenvalue weighted by Gasteiger charge is 2.38. The van der Waals surface area contributed by atoms with Gasteiger partial charge in [-0.05, 0) is 19.0 Å². The number of rotatable bonds is 7. The molecule has 0 saturated heterocycles. The van der Waals surface area contributed by atoms with Crippen molar-refractivity contribution in [1.82, 2.24) is 15.3 Å². The molecule has 0 fully saturated rings. The number of carbonyl (C=O) groups is 1. The number of carboxylic acids is 1. The second-order valence-electron chi connectivity index (χ2n) is 4.47. The van der Waals surface area contributed by atoms with Gasteiger partial charge in [0.2, 0.25) is 0 Å². The smallest absolute Gasteiger partial charge is 0.328 e. The lowest BCUT2D eigenvalue weighted by Crippen LogP contribution is -2.47. The average molecular weight is 303 g/mol. The number of carboxylic acid groups (broad SMARTS) is 1. The van der Waals surface area contributed by atoms with Crippen LogP contribution in [-0.4, -0.2) is 33.8 Å². The van der Waals surface area contributed by atoms with Gasteiger partial charge in [0.15, 0.2) is 0 Å². The minimum atomic E-state index is -1.09. The molecule has 1 unspecified atom stereocenters. The third-order valence-corrected chi connectivity index (χ3v) is 4.24. The van der Waals surface area contributed by atoms with E-state index in [1.54, 1.807) is 25.6 Å². The minimum Gasteiger partial charge on any atom is -0.480 e. The van der Waals surface area contributed by atoms with Crippen molar-refractivity contribution in [2.75, 3.05) is 12.8 Å². The van der Waals surface area contributed by atoms with E-state index in [0.717, 1.165) is 10.6 Å². The molecule has 0 aliphatic rings. The number of aromatic nitrogens is 2. The average Bonchev–Trinajstić information content (AvgIpc) is 2.53. The Kier molecular flexibility index (Phi) is 5.30. The Balaban J connectivity index is 2.12. The summed E-state index contributed by atoms with van der Waals surface area (Å²) < 4.78 is 0. The molecule has 0 radical (unpaired) electrons. The van der Waals surface area contributed by atoms with Crippen LogP contribution in [0.15, 0.2) is 53.9 Å². The van der Waals surface area contributed by atoms with Crippen LogP contribution in [0.3, 0.4) is 0 Å². The number of aliphatic carboxylic acids is 1. The van der Waals surface area contributed by atoms with Crippen molar-refractivity contribution in [2.45, 2.75) is 17.0 Å². The number of hydrogen-bond donors (Lipinski definition) is 2. The van der Waals surface area contributed by atoms with Gasteiger partial charge in [0.05, 0.1) is 6.20 Å². The fourth-order valence-electron chi connectivity index (χ4n) is 2.14. The van der Waals surface area contributed by atoms with Crippen molar-refractivity contribution >= 4 is 17.7 Å². The molecule has 1 atom stereocenters. The topological polar surface area (TPSA) is 75.1 Å². The molecule has 2 N–H and O–H groups in total. The van der Waals surface area contributed by atoms with Crippen LogP contribution >= 0.6 is 11.8 Å². The van der Waals surface area contributed by atoms with Crippen LogP contribution in [0.25, 0.3) is 0 Å². The summed E-state index contributed by atoms with van der Waals surface area (Å²) in [6.45, 7) is 0. The van der Waals surface area contributed by atoms with Gasteiger partial charge in [0, 0.05) is 18.1 Å². The summed E-state index contributed by atoms with van der Waals surface area (Å²) in [5, 5.41) is 13.4. The van der Waals surface area contributed by atoms with Crippen LogP contribution in [-0.2, 0) is 10.3 Å². The minimum absolute atomic E-state index is 0.448. The van der Waals surface area contributed by atoms with E-state index < -0.39 is 11.5 Å². The Morgan fingerprint density at radius 3 is 2.67 bits per heavy atom. The maximum absolute atomic E-state index is 11.8. The van der Waals surface area contributed by atoms with Gasteiger partial charge in [-0.2, -0.15) is 0 Å². The standard InChI is InChI=1S/C15H17N3O2S/c1-16-15(14(19)20,12-5-3-2-4-6-12)7-10-21-13-11-17-8-9-18-13/h2-6,8-9,11,16H,7,10H2,1H3,(H,19,20). The molecular weight excluding hydrogens is 286 g/mol. The number of thioether (sulfide) groups is 1. The van der Waals surface area contributed by atoms with Crippen LogP contribution in [0, 0.1) is 0 Å². The van der Waals surface area contributed by atoms with Crippen LogP contribution in [0.2, 0.25) is 0 Å². The molecule has 5 nitrogen and oxygen atoms in total. The molecule has 110 valence electrons. The lowest BCUT2D eigenvalue weighted by atomic mass is 9.87. The normalized spacial score (nSPS) is 13.6. The maximum Gasteiger partial charge on any atom is 0.328 e. The van der Waals surface area contributed by atoms with Crippen molar-refractivity contribution in [3.05, 3.63) is 54.5 Å². The van der Waals surface area contributed by atoms with Gasteiger partial charge >= 0.3 is 5.97 Å². The largest absolute Gasteiger partial charge is 0.480 e. The van der Waals surface area contributed by atoms with Gasteiger partial charge in [0.25, 0.3) is 0 Å². The van der Waals surface area contributed by atoms with Gasteiger partial charge in [-0.3, -0.25) is 4.98 Å². The zero-order valence-corrected chi connectivity index (χ0v) is 12.5. The molecule has 0 aliphatic carbocycles. The molecule has 0 amide bonds. The van der Waals surface area contributed by atoms with E-state index >= 15 is 0 Å². The zero-order chi connectivity index (χ0) is 15.1. The third-order valence-electron chi connectivity index (χ3n) is 3.32. The number of nitrogens with zero attached hydrogens (tertiary/aromatic N) is 2. The number of hydrogen-bond acceptors (Lipinski definition) is 5. The van der Waals surface area contributed by atoms with Crippen LogP contribution in [0.5, 0.6) is 0 Å². The Labute approximate surface area is 127 Å². The highest BCUT2D eigenvalue weighted by molar-refractivity contribution is 7.99. The molecule has 0 bridgehead atoms. The van der Waals surface area contributed by atoms with E-state index in [1.165, 1.54) is 11.8 Å². The van der Waals surface area contributed by atoms with Crippen molar-refractivity contribution in [3.8, 4) is 0 Å². The fraction of sp³-hybridized carbons (Fsp3) is 0.267. The molecule has 6 heteroatoms. The molecule has 21 heavy (non-hydrogen) atoms. The highest BCUT2D eigenvalue weighted by atomic mass is 32.2. The van der Waals surface area contributed by atoms with E-state index in [9.17, 15) is 9.90 Å². The van der Waals surface area contributed by atoms with Crippen LogP contribution < -0.4 is 5.32 Å². The number of nitrogens with one attached hydrogen (secondary N) is 1. The van der Waals surface area contributed by atoms with Crippen LogP contribution in [0.4, 0.5) is 0 Å². The second kappa shape index (κ2) is 7.19. The Hall–Kier alpha value is -1.92. The first kappa shape index (κ1) is 15.5. The molecule has 0 saturated carbocycles. The molecule has 1 aromatic heterocycles. The molecule has 0 aliphatic heterocycles. The van der Waals surface area contributed by atoms with E-state index in [-0.39, 0.29) is 0 Å². The fourth-order valence-corrected chi connectivity index (χ4v) is 3.03. The summed E-state index contributed by atoms with van der Waals surface area (Å²) in [6, 6.07) is 9.23. The predicted octanol–water partition coefficient (Wildman–Crippen LogP) is 2.16. The first-order valence-corrected chi connectivity index (χ1v) is 7.54. The van der Waals surface area contributed by atoms with Crippen molar-refractivity contribution in [1.29, 1.82) is 0 Å². The number of benzene rings is 1. The molecule has 2 aromatic rings. The first-order valence-electron chi connectivity index (χ1n) is 6.55. The summed E-state index contributed by atoms with van der Waals surface area (Å²) in [5.74, 6) is -0.253. The Morgan fingerprint density at radius 2 is 2.10 bits per heavy atom. The SMILES string of the molecule is CNC(CCSc1cnccn1)(C(=O)O)c1ccccc1. The monoisotopic (exact) mass is 303 g/mol. The third kappa shape index (κ3) is 3.59. The Morgan fingerprint density at radius 1 is 1.33 bits per heavy atom. The highest BCUT2D eigenvalue weighted by Crippen LogP contribution is 2.28. The molecule has 2 rings (SSSR count). The summed E-state index contributed by atoms with van der Waals surface area (Å²) >= 11 is 1.50. The Bertz CT molecular complexity index is 580. The van der Waals surface area contributed by atoms with Crippen molar-refractivity contribution in [3.63, 3.8) is 0 Å². The van der Waals surface area contributed by atoms with E-state index in [0.29, 0.717) is 12.2 Å². The van der Waals surface area contributed by atoms with E-state index in [4.69, 9.17) is 0 Å². The van der Waals surface area contributed by atoms with Crippen LogP contribution in [0.1, 0.15) is 12.0 Å². The quantitative estimate of drug-likeness (QED) is 0.764. The summed E-state index contributed by atoms with van der Waals surface area (Å²) in [5.41, 5.74) is -0.337. The van der Waals surface area contributed by atoms with E-state index in [2.05, 4.69) is 15.3 Å². The maximum atomic E-state index is 11.8. The lowest BCUT2D eigenvalue weighted by Gasteiger charge is -2.29. The van der Waals surface area contributed by atoms with Crippen molar-refractivity contribution < 1.29 is 9.90 Å². The molecule has 1 aromatic carbocycles. The van der Waals surface area contributed by atoms with Gasteiger partial charge in [-0.25, -0.2) is 9.78 Å². The zero-order valence-electron chi connectivity index (χ0n) is 11.7. The van der Waals surface area contributed by atoms with Gasteiger partial charge in [-0.15, -0.1) is 11.8 Å². The summed E-state index contributed by atoms with van der Waals surface area (Å²) in [7, 11) is 1.67. The summed E-state index contributed by atoms with van der Waals surface area (Å²) in [6.07, 6.45) is 5.37. The molecular formula is C15H17N3O2S. The van der Waals surface area contributed by atoms with Gasteiger partial charge in [-0.1, -0.05) is 30.3 Å². The summed E-state index contributed by atoms with van der Waals surface area (Å²) in [4.78, 5) is 20.0. The first-order chi connectivity index (χ1) is 10.2. The molecule has 1 heterocycles. The number of likely N-dealkylation sites (N-methyl/N-ethyl adjacent to an activating group) is 1. The van der Waals surface area contributed by atoms with Crippen molar-refractivity contribution in [2.24, 2.45) is 0 Å². The molecule has 0 spiro atoms. The van der Waals surface area contributed by atoms with Gasteiger partial charge in [0.1, 0.15) is 10.6 Å². The second-order valence-corrected chi connectivity index (χ2v) is 5.58. The predicted molar refractivity (Wildman–Crippen MR) is 82.2 cm³/mol. The van der Waals surface area contributed by atoms with E-state index in [1.807, 2.05) is 30.3 Å².